The summed E-state index contributed by atoms with van der Waals surface area (Å²) in [6.45, 7) is 0.673. The fourth-order valence-electron chi connectivity index (χ4n) is 4.67. The van der Waals surface area contributed by atoms with Crippen LogP contribution in [0, 0.1) is 11.7 Å². The molecule has 0 atom stereocenters. The number of hydrogen-bond acceptors (Lipinski definition) is 3. The van der Waals surface area contributed by atoms with Crippen molar-refractivity contribution >= 4 is 27.5 Å². The van der Waals surface area contributed by atoms with E-state index < -0.39 is 15.8 Å². The minimum atomic E-state index is -3.58. The van der Waals surface area contributed by atoms with Crippen molar-refractivity contribution in [1.29, 1.82) is 0 Å². The lowest BCUT2D eigenvalue weighted by atomic mass is 9.92. The van der Waals surface area contributed by atoms with Crippen molar-refractivity contribution in [2.45, 2.75) is 50.0 Å². The average Bonchev–Trinajstić information content (AvgIpc) is 2.80. The molecule has 5 nitrogen and oxygen atoms in total. The summed E-state index contributed by atoms with van der Waals surface area (Å²) in [4.78, 5) is 14.7. The molecule has 1 amide bonds. The maximum atomic E-state index is 14.1. The Labute approximate surface area is 194 Å². The van der Waals surface area contributed by atoms with Gasteiger partial charge < -0.3 is 4.90 Å². The molecule has 0 unspecified atom stereocenters. The first-order valence-electron chi connectivity index (χ1n) is 11.1. The second-order valence-electron chi connectivity index (χ2n) is 8.71. The van der Waals surface area contributed by atoms with Gasteiger partial charge in [0.1, 0.15) is 5.82 Å². The fraction of sp³-hybridized carbons (Fsp3) is 0.458. The summed E-state index contributed by atoms with van der Waals surface area (Å²) in [6, 6.07) is 9.93. The smallest absolute Gasteiger partial charge is 0.243 e. The molecule has 1 aliphatic carbocycles. The number of carbonyl (C=O) groups is 1. The predicted molar refractivity (Wildman–Crippen MR) is 122 cm³/mol. The number of rotatable bonds is 5. The summed E-state index contributed by atoms with van der Waals surface area (Å²) >= 11 is 6.08. The van der Waals surface area contributed by atoms with Gasteiger partial charge in [0.2, 0.25) is 15.9 Å². The second kappa shape index (κ2) is 9.49. The number of sulfonamides is 1. The van der Waals surface area contributed by atoms with E-state index in [1.54, 1.807) is 19.2 Å². The van der Waals surface area contributed by atoms with Crippen molar-refractivity contribution in [3.8, 4) is 0 Å². The molecule has 8 heteroatoms. The van der Waals surface area contributed by atoms with Gasteiger partial charge >= 0.3 is 0 Å². The van der Waals surface area contributed by atoms with E-state index in [1.807, 2.05) is 12.1 Å². The molecule has 0 spiro atoms. The van der Waals surface area contributed by atoms with Gasteiger partial charge in [-0.3, -0.25) is 4.79 Å². The minimum absolute atomic E-state index is 0.0813. The van der Waals surface area contributed by atoms with E-state index in [0.29, 0.717) is 30.8 Å². The van der Waals surface area contributed by atoms with E-state index in [4.69, 9.17) is 11.6 Å². The Bertz CT molecular complexity index is 1090. The van der Waals surface area contributed by atoms with Crippen molar-refractivity contribution in [2.75, 3.05) is 20.1 Å². The molecule has 1 saturated heterocycles. The largest absolute Gasteiger partial charge is 0.341 e. The highest BCUT2D eigenvalue weighted by Gasteiger charge is 2.33. The minimum Gasteiger partial charge on any atom is -0.341 e. The molecule has 1 fully saturated rings. The van der Waals surface area contributed by atoms with Crippen LogP contribution in [0.15, 0.2) is 41.3 Å². The number of nitrogens with zero attached hydrogens (tertiary/aromatic N) is 2. The zero-order valence-electron chi connectivity index (χ0n) is 18.2. The van der Waals surface area contributed by atoms with Gasteiger partial charge in [-0.25, -0.2) is 12.8 Å². The first kappa shape index (κ1) is 23.2. The van der Waals surface area contributed by atoms with Crippen molar-refractivity contribution in [3.05, 3.63) is 63.9 Å². The summed E-state index contributed by atoms with van der Waals surface area (Å²) in [7, 11) is -1.96. The number of fused-ring (bicyclic) bond motifs is 1. The molecule has 32 heavy (non-hydrogen) atoms. The number of hydrogen-bond donors (Lipinski definition) is 0. The number of amides is 1. The highest BCUT2D eigenvalue weighted by Crippen LogP contribution is 2.29. The molecular weight excluding hydrogens is 451 g/mol. The van der Waals surface area contributed by atoms with Gasteiger partial charge in [-0.2, -0.15) is 4.31 Å². The Morgan fingerprint density at radius 2 is 1.81 bits per heavy atom. The van der Waals surface area contributed by atoms with Gasteiger partial charge in [-0.15, -0.1) is 0 Å². The van der Waals surface area contributed by atoms with E-state index >= 15 is 0 Å². The number of aryl methyl sites for hydroxylation is 2. The molecule has 4 rings (SSSR count). The molecule has 0 bridgehead atoms. The molecule has 0 radical (unpaired) electrons. The summed E-state index contributed by atoms with van der Waals surface area (Å²) in [5, 5.41) is 0.288. The zero-order valence-corrected chi connectivity index (χ0v) is 19.8. The van der Waals surface area contributed by atoms with E-state index in [9.17, 15) is 17.6 Å². The maximum absolute atomic E-state index is 14.1. The predicted octanol–water partition coefficient (Wildman–Crippen LogP) is 4.42. The summed E-state index contributed by atoms with van der Waals surface area (Å²) in [5.41, 5.74) is 2.67. The van der Waals surface area contributed by atoms with E-state index in [2.05, 4.69) is 0 Å². The van der Waals surface area contributed by atoms with Gasteiger partial charge in [-0.1, -0.05) is 23.7 Å². The van der Waals surface area contributed by atoms with Crippen LogP contribution in [-0.2, 0) is 34.2 Å². The maximum Gasteiger partial charge on any atom is 0.243 e. The molecule has 2 aromatic rings. The van der Waals surface area contributed by atoms with Crippen molar-refractivity contribution in [3.63, 3.8) is 0 Å². The Balaban J connectivity index is 1.39. The van der Waals surface area contributed by atoms with Crippen LogP contribution in [0.1, 0.15) is 42.4 Å². The summed E-state index contributed by atoms with van der Waals surface area (Å²) in [5.74, 6) is -0.848. The molecule has 2 aromatic carbocycles. The number of halogens is 2. The third-order valence-electron chi connectivity index (χ3n) is 6.59. The van der Waals surface area contributed by atoms with E-state index in [0.717, 1.165) is 31.2 Å². The highest BCUT2D eigenvalue weighted by atomic mass is 35.5. The topological polar surface area (TPSA) is 57.7 Å². The lowest BCUT2D eigenvalue weighted by Crippen LogP contribution is -2.43. The van der Waals surface area contributed by atoms with Crippen LogP contribution in [0.3, 0.4) is 0 Å². The van der Waals surface area contributed by atoms with Crippen LogP contribution in [0.25, 0.3) is 0 Å². The highest BCUT2D eigenvalue weighted by molar-refractivity contribution is 7.89. The second-order valence-corrected chi connectivity index (χ2v) is 11.1. The Morgan fingerprint density at radius 3 is 2.50 bits per heavy atom. The zero-order chi connectivity index (χ0) is 22.9. The van der Waals surface area contributed by atoms with E-state index in [-0.39, 0.29) is 29.0 Å². The monoisotopic (exact) mass is 478 g/mol. The molecule has 0 N–H and O–H groups in total. The normalized spacial score (nSPS) is 17.7. The van der Waals surface area contributed by atoms with Crippen LogP contribution in [-0.4, -0.2) is 43.7 Å². The van der Waals surface area contributed by atoms with Crippen LogP contribution in [0.5, 0.6) is 0 Å². The fourth-order valence-corrected chi connectivity index (χ4v) is 6.42. The van der Waals surface area contributed by atoms with Gasteiger partial charge in [0.15, 0.2) is 0 Å². The van der Waals surface area contributed by atoms with Crippen LogP contribution >= 0.6 is 11.6 Å². The quantitative estimate of drug-likeness (QED) is 0.639. The Hall–Kier alpha value is -1.96. The van der Waals surface area contributed by atoms with Crippen molar-refractivity contribution in [1.82, 2.24) is 9.21 Å². The first-order valence-corrected chi connectivity index (χ1v) is 12.9. The van der Waals surface area contributed by atoms with Crippen molar-refractivity contribution in [2.24, 2.45) is 5.92 Å². The average molecular weight is 479 g/mol. The SMILES string of the molecule is CN(Cc1c(F)cccc1Cl)C(=O)C1CCN(S(=O)(=O)c2ccc3c(c2)CCCC3)CC1. The molecule has 2 aliphatic rings. The van der Waals surface area contributed by atoms with Gasteiger partial charge in [-0.05, 0) is 73.9 Å². The third-order valence-corrected chi connectivity index (χ3v) is 8.84. The Morgan fingerprint density at radius 1 is 1.12 bits per heavy atom. The van der Waals surface area contributed by atoms with Crippen LogP contribution < -0.4 is 0 Å². The molecule has 172 valence electrons. The lowest BCUT2D eigenvalue weighted by molar-refractivity contribution is -0.135. The number of piperidine rings is 1. The van der Waals surface area contributed by atoms with Gasteiger partial charge in [0, 0.05) is 43.2 Å². The summed E-state index contributed by atoms with van der Waals surface area (Å²) < 4.78 is 41.9. The number of carbonyl (C=O) groups excluding carboxylic acids is 1. The van der Waals surface area contributed by atoms with Crippen molar-refractivity contribution < 1.29 is 17.6 Å². The molecule has 1 aliphatic heterocycles. The Kier molecular flexibility index (Phi) is 6.89. The van der Waals surface area contributed by atoms with Gasteiger partial charge in [0.25, 0.3) is 0 Å². The first-order chi connectivity index (χ1) is 15.3. The standard InChI is InChI=1S/C24H28ClFN2O3S/c1-27(16-21-22(25)7-4-8-23(21)26)24(29)18-11-13-28(14-12-18)32(30,31)20-10-9-17-5-2-3-6-19(17)15-20/h4,7-10,15,18H,2-3,5-6,11-14,16H2,1H3. The molecule has 0 aromatic heterocycles. The van der Waals surface area contributed by atoms with E-state index in [1.165, 1.54) is 26.9 Å². The third kappa shape index (κ3) is 4.70. The molecule has 1 heterocycles. The van der Waals surface area contributed by atoms with Gasteiger partial charge in [0.05, 0.1) is 4.90 Å². The number of benzene rings is 2. The van der Waals surface area contributed by atoms with Crippen LogP contribution in [0.2, 0.25) is 5.02 Å². The molecular formula is C24H28ClFN2O3S. The summed E-state index contributed by atoms with van der Waals surface area (Å²) in [6.07, 6.45) is 5.06. The molecule has 0 saturated carbocycles. The lowest BCUT2D eigenvalue weighted by Gasteiger charge is -2.33. The van der Waals surface area contributed by atoms with Crippen LogP contribution in [0.4, 0.5) is 4.39 Å².